The van der Waals surface area contributed by atoms with Crippen LogP contribution in [0.1, 0.15) is 18.4 Å². The molecule has 1 aliphatic heterocycles. The van der Waals surface area contributed by atoms with E-state index in [2.05, 4.69) is 91.2 Å². The quantitative estimate of drug-likeness (QED) is 0.502. The summed E-state index contributed by atoms with van der Waals surface area (Å²) in [5.41, 5.74) is 3.83. The third-order valence-corrected chi connectivity index (χ3v) is 5.59. The molecular formula is C25H30N2O+2. The van der Waals surface area contributed by atoms with E-state index in [1.54, 1.807) is 0 Å². The lowest BCUT2D eigenvalue weighted by molar-refractivity contribution is -0.929. The van der Waals surface area contributed by atoms with E-state index in [-0.39, 0.29) is 6.10 Å². The molecule has 1 fully saturated rings. The zero-order valence-electron chi connectivity index (χ0n) is 16.6. The zero-order chi connectivity index (χ0) is 19.2. The SMILES string of the molecule is C[N+]1(Cc2ccccc2)CCCC(Oc2ccc([NH2+]c3ccccc3)cc2)C1. The van der Waals surface area contributed by atoms with Crippen LogP contribution >= 0.6 is 0 Å². The van der Waals surface area contributed by atoms with Crippen molar-refractivity contribution in [3.8, 4) is 5.75 Å². The van der Waals surface area contributed by atoms with Crippen LogP contribution in [0, 0.1) is 0 Å². The van der Waals surface area contributed by atoms with Gasteiger partial charge in [-0.2, -0.15) is 0 Å². The molecule has 0 bridgehead atoms. The number of likely N-dealkylation sites (N-methyl/N-ethyl adjacent to an activating group) is 1. The first-order valence-corrected chi connectivity index (χ1v) is 10.2. The van der Waals surface area contributed by atoms with Gasteiger partial charge in [0.05, 0.1) is 13.6 Å². The third-order valence-electron chi connectivity index (χ3n) is 5.59. The lowest BCUT2D eigenvalue weighted by Crippen LogP contribution is -2.70. The van der Waals surface area contributed by atoms with E-state index in [9.17, 15) is 0 Å². The normalized spacial score (nSPS) is 22.0. The molecule has 144 valence electrons. The average molecular weight is 375 g/mol. The number of hydrogen-bond acceptors (Lipinski definition) is 1. The van der Waals surface area contributed by atoms with E-state index in [0.29, 0.717) is 0 Å². The minimum Gasteiger partial charge on any atom is -0.485 e. The average Bonchev–Trinajstić information content (AvgIpc) is 2.71. The number of para-hydroxylation sites is 1. The number of nitrogens with zero attached hydrogens (tertiary/aromatic N) is 1. The molecule has 3 aromatic rings. The molecule has 2 atom stereocenters. The molecule has 28 heavy (non-hydrogen) atoms. The van der Waals surface area contributed by atoms with Gasteiger partial charge in [-0.15, -0.1) is 0 Å². The lowest BCUT2D eigenvalue weighted by Gasteiger charge is -2.41. The van der Waals surface area contributed by atoms with Crippen molar-refractivity contribution >= 4 is 11.4 Å². The molecule has 0 radical (unpaired) electrons. The van der Waals surface area contributed by atoms with Gasteiger partial charge in [0.15, 0.2) is 0 Å². The number of hydrogen-bond donors (Lipinski definition) is 1. The number of likely N-dealkylation sites (tertiary alicyclic amines) is 1. The molecule has 0 amide bonds. The molecule has 3 heteroatoms. The van der Waals surface area contributed by atoms with Crippen molar-refractivity contribution in [3.05, 3.63) is 90.5 Å². The fourth-order valence-electron chi connectivity index (χ4n) is 4.22. The van der Waals surface area contributed by atoms with Crippen LogP contribution in [0.4, 0.5) is 11.4 Å². The summed E-state index contributed by atoms with van der Waals surface area (Å²) in [6.45, 7) is 3.36. The Bertz CT molecular complexity index is 864. The first-order valence-electron chi connectivity index (χ1n) is 10.2. The summed E-state index contributed by atoms with van der Waals surface area (Å²) in [5.74, 6) is 0.975. The topological polar surface area (TPSA) is 25.8 Å². The molecule has 3 nitrogen and oxygen atoms in total. The number of piperidine rings is 1. The van der Waals surface area contributed by atoms with Crippen LogP contribution < -0.4 is 10.1 Å². The molecule has 0 saturated carbocycles. The van der Waals surface area contributed by atoms with Crippen molar-refractivity contribution in [1.29, 1.82) is 0 Å². The largest absolute Gasteiger partial charge is 0.485 e. The Labute approximate surface area is 168 Å². The number of rotatable bonds is 6. The predicted octanol–water partition coefficient (Wildman–Crippen LogP) is 4.40. The molecule has 1 aliphatic rings. The van der Waals surface area contributed by atoms with Crippen LogP contribution in [0.5, 0.6) is 5.75 Å². The highest BCUT2D eigenvalue weighted by molar-refractivity contribution is 5.39. The number of quaternary nitrogens is 2. The van der Waals surface area contributed by atoms with Gasteiger partial charge in [-0.25, -0.2) is 0 Å². The highest BCUT2D eigenvalue weighted by atomic mass is 16.5. The summed E-state index contributed by atoms with van der Waals surface area (Å²) in [4.78, 5) is 0. The summed E-state index contributed by atoms with van der Waals surface area (Å²) in [7, 11) is 2.36. The van der Waals surface area contributed by atoms with Crippen molar-refractivity contribution < 1.29 is 14.5 Å². The lowest BCUT2D eigenvalue weighted by atomic mass is 10.0. The Kier molecular flexibility index (Phi) is 5.75. The van der Waals surface area contributed by atoms with Crippen LogP contribution in [0.3, 0.4) is 0 Å². The Hall–Kier alpha value is -2.62. The zero-order valence-corrected chi connectivity index (χ0v) is 16.6. The van der Waals surface area contributed by atoms with E-state index >= 15 is 0 Å². The smallest absolute Gasteiger partial charge is 0.148 e. The third kappa shape index (κ3) is 5.00. The minimum atomic E-state index is 0.284. The van der Waals surface area contributed by atoms with Gasteiger partial charge < -0.3 is 9.22 Å². The summed E-state index contributed by atoms with van der Waals surface area (Å²) < 4.78 is 7.41. The van der Waals surface area contributed by atoms with Crippen LogP contribution in [0.25, 0.3) is 0 Å². The minimum absolute atomic E-state index is 0.284. The van der Waals surface area contributed by atoms with Gasteiger partial charge in [0.25, 0.3) is 0 Å². The highest BCUT2D eigenvalue weighted by Crippen LogP contribution is 2.25. The van der Waals surface area contributed by atoms with E-state index < -0.39 is 0 Å². The van der Waals surface area contributed by atoms with Gasteiger partial charge in [0.2, 0.25) is 0 Å². The Morgan fingerprint density at radius 1 is 0.857 bits per heavy atom. The standard InChI is InChI=1S/C25H29N2O/c1-27(19-21-9-4-2-5-10-21)18-8-13-25(20-27)28-24-16-14-23(15-17-24)26-22-11-6-3-7-12-22/h2-7,9-12,14-17,25-26H,8,13,18-20H2,1H3/q+1/p+1. The number of nitrogens with two attached hydrogens (primary N) is 1. The number of ether oxygens (including phenoxy) is 1. The first-order chi connectivity index (χ1) is 13.7. The van der Waals surface area contributed by atoms with Crippen molar-refractivity contribution in [2.45, 2.75) is 25.5 Å². The van der Waals surface area contributed by atoms with Crippen molar-refractivity contribution in [1.82, 2.24) is 0 Å². The Morgan fingerprint density at radius 2 is 1.50 bits per heavy atom. The van der Waals surface area contributed by atoms with Crippen LogP contribution in [-0.4, -0.2) is 30.7 Å². The maximum Gasteiger partial charge on any atom is 0.148 e. The molecule has 0 aliphatic carbocycles. The summed E-state index contributed by atoms with van der Waals surface area (Å²) >= 11 is 0. The number of benzene rings is 3. The van der Waals surface area contributed by atoms with Gasteiger partial charge in [-0.3, -0.25) is 5.32 Å². The maximum atomic E-state index is 6.36. The molecule has 2 unspecified atom stereocenters. The molecular weight excluding hydrogens is 344 g/mol. The van der Waals surface area contributed by atoms with Crippen molar-refractivity contribution in [2.24, 2.45) is 0 Å². The predicted molar refractivity (Wildman–Crippen MR) is 114 cm³/mol. The van der Waals surface area contributed by atoms with E-state index in [1.165, 1.54) is 29.9 Å². The summed E-state index contributed by atoms with van der Waals surface area (Å²) in [5, 5.41) is 2.19. The molecule has 4 rings (SSSR count). The second kappa shape index (κ2) is 8.59. The van der Waals surface area contributed by atoms with Crippen molar-refractivity contribution in [2.75, 3.05) is 20.1 Å². The van der Waals surface area contributed by atoms with Gasteiger partial charge in [-0.1, -0.05) is 48.5 Å². The monoisotopic (exact) mass is 374 g/mol. The second-order valence-electron chi connectivity index (χ2n) is 8.18. The molecule has 2 N–H and O–H groups in total. The molecule has 1 heterocycles. The van der Waals surface area contributed by atoms with E-state index in [4.69, 9.17) is 4.74 Å². The van der Waals surface area contributed by atoms with Gasteiger partial charge in [-0.05, 0) is 30.7 Å². The Morgan fingerprint density at radius 3 is 2.21 bits per heavy atom. The fraction of sp³-hybridized carbons (Fsp3) is 0.280. The molecule has 0 aromatic heterocycles. The maximum absolute atomic E-state index is 6.36. The Balaban J connectivity index is 1.36. The van der Waals surface area contributed by atoms with Crippen LogP contribution in [0.15, 0.2) is 84.9 Å². The second-order valence-corrected chi connectivity index (χ2v) is 8.18. The van der Waals surface area contributed by atoms with Gasteiger partial charge in [0, 0.05) is 24.1 Å². The summed E-state index contributed by atoms with van der Waals surface area (Å²) in [6, 6.07) is 29.7. The fourth-order valence-corrected chi connectivity index (χ4v) is 4.22. The van der Waals surface area contributed by atoms with Crippen LogP contribution in [-0.2, 0) is 6.54 Å². The molecule has 0 spiro atoms. The van der Waals surface area contributed by atoms with E-state index in [1.807, 2.05) is 6.07 Å². The molecule has 1 saturated heterocycles. The van der Waals surface area contributed by atoms with E-state index in [0.717, 1.165) is 29.7 Å². The van der Waals surface area contributed by atoms with Crippen LogP contribution in [0.2, 0.25) is 0 Å². The molecule has 3 aromatic carbocycles. The van der Waals surface area contributed by atoms with Gasteiger partial charge in [0.1, 0.15) is 36.3 Å². The van der Waals surface area contributed by atoms with Gasteiger partial charge >= 0.3 is 0 Å². The van der Waals surface area contributed by atoms with Crippen molar-refractivity contribution in [3.63, 3.8) is 0 Å². The summed E-state index contributed by atoms with van der Waals surface area (Å²) in [6.07, 6.45) is 2.64. The first kappa shape index (κ1) is 18.7. The highest BCUT2D eigenvalue weighted by Gasteiger charge is 2.32.